The van der Waals surface area contributed by atoms with Crippen molar-refractivity contribution in [3.05, 3.63) is 45.9 Å². The summed E-state index contributed by atoms with van der Waals surface area (Å²) in [4.78, 5) is 2.29. The maximum Gasteiger partial charge on any atom is 0.166 e. The van der Waals surface area contributed by atoms with E-state index in [1.165, 1.54) is 39.2 Å². The van der Waals surface area contributed by atoms with Crippen molar-refractivity contribution in [1.82, 2.24) is 4.90 Å². The zero-order valence-electron chi connectivity index (χ0n) is 11.7. The lowest BCUT2D eigenvalue weighted by atomic mass is 9.85. The smallest absolute Gasteiger partial charge is 0.166 e. The highest BCUT2D eigenvalue weighted by Gasteiger charge is 2.37. The van der Waals surface area contributed by atoms with Crippen molar-refractivity contribution in [2.24, 2.45) is 5.73 Å². The van der Waals surface area contributed by atoms with E-state index in [0.717, 1.165) is 12.8 Å². The van der Waals surface area contributed by atoms with Crippen molar-refractivity contribution in [1.29, 1.82) is 0 Å². The Balaban J connectivity index is 1.81. The molecule has 2 nitrogen and oxygen atoms in total. The average Bonchev–Trinajstić information content (AvgIpc) is 3.27. The van der Waals surface area contributed by atoms with Gasteiger partial charge in [0, 0.05) is 16.6 Å². The summed E-state index contributed by atoms with van der Waals surface area (Å²) in [5.74, 6) is 0. The summed E-state index contributed by atoms with van der Waals surface area (Å²) in [6.07, 6.45) is 4.50. The number of thiocarbonyl (C=S) groups is 1. The lowest BCUT2D eigenvalue weighted by molar-refractivity contribution is 0.296. The van der Waals surface area contributed by atoms with E-state index in [1.807, 2.05) is 0 Å². The van der Waals surface area contributed by atoms with Crippen LogP contribution < -0.4 is 5.73 Å². The van der Waals surface area contributed by atoms with Crippen LogP contribution in [0.3, 0.4) is 0 Å². The van der Waals surface area contributed by atoms with Gasteiger partial charge in [0.2, 0.25) is 0 Å². The Morgan fingerprint density at radius 1 is 1.14 bits per heavy atom. The predicted molar refractivity (Wildman–Crippen MR) is 94.5 cm³/mol. The van der Waals surface area contributed by atoms with Gasteiger partial charge < -0.3 is 10.6 Å². The van der Waals surface area contributed by atoms with Crippen molar-refractivity contribution >= 4 is 44.0 Å². The Hall–Kier alpha value is -1.13. The minimum atomic E-state index is 0.395. The molecular formula is C17H17BrN2S. The molecule has 108 valence electrons. The van der Waals surface area contributed by atoms with E-state index in [-0.39, 0.29) is 0 Å². The van der Waals surface area contributed by atoms with Crippen molar-refractivity contribution in [3.8, 4) is 0 Å². The summed E-state index contributed by atoms with van der Waals surface area (Å²) < 4.78 is 1.20. The molecule has 0 aliphatic heterocycles. The van der Waals surface area contributed by atoms with Crippen molar-refractivity contribution in [3.63, 3.8) is 0 Å². The summed E-state index contributed by atoms with van der Waals surface area (Å²) in [6, 6.07) is 11.9. The van der Waals surface area contributed by atoms with Gasteiger partial charge in [0.1, 0.15) is 0 Å². The van der Waals surface area contributed by atoms with Crippen LogP contribution in [-0.2, 0) is 12.8 Å². The number of nitrogens with zero attached hydrogens (tertiary/aromatic N) is 1. The molecule has 0 spiro atoms. The summed E-state index contributed by atoms with van der Waals surface area (Å²) in [5.41, 5.74) is 8.83. The molecule has 2 aromatic carbocycles. The van der Waals surface area contributed by atoms with E-state index < -0.39 is 0 Å². The second-order valence-corrected chi connectivity index (χ2v) is 7.35. The highest BCUT2D eigenvalue weighted by Crippen LogP contribution is 2.38. The number of hydrogen-bond donors (Lipinski definition) is 1. The Bertz CT molecular complexity index is 739. The van der Waals surface area contributed by atoms with Gasteiger partial charge in [0.25, 0.3) is 0 Å². The Labute approximate surface area is 138 Å². The van der Waals surface area contributed by atoms with Crippen LogP contribution >= 0.6 is 28.1 Å². The van der Waals surface area contributed by atoms with Crippen LogP contribution in [-0.4, -0.2) is 22.1 Å². The highest BCUT2D eigenvalue weighted by molar-refractivity contribution is 9.10. The standard InChI is InChI=1S/C17H17BrN2S/c18-15-7-4-10-2-1-3-11-8-13(9-14(15)16(10)11)20(17(19)21)12-5-6-12/h1-4,7,12-13H,5-6,8-9H2,(H2,19,21). The van der Waals surface area contributed by atoms with Gasteiger partial charge in [-0.15, -0.1) is 0 Å². The monoisotopic (exact) mass is 360 g/mol. The van der Waals surface area contributed by atoms with E-state index in [1.54, 1.807) is 0 Å². The fourth-order valence-electron chi connectivity index (χ4n) is 3.65. The Kier molecular flexibility index (Phi) is 3.19. The Morgan fingerprint density at radius 2 is 1.95 bits per heavy atom. The first-order valence-corrected chi connectivity index (χ1v) is 8.62. The first kappa shape index (κ1) is 13.5. The number of rotatable bonds is 2. The summed E-state index contributed by atoms with van der Waals surface area (Å²) in [6.45, 7) is 0. The van der Waals surface area contributed by atoms with Gasteiger partial charge in [-0.25, -0.2) is 0 Å². The average molecular weight is 361 g/mol. The highest BCUT2D eigenvalue weighted by atomic mass is 79.9. The molecule has 0 saturated heterocycles. The van der Waals surface area contributed by atoms with Crippen LogP contribution in [0.1, 0.15) is 24.0 Å². The molecule has 21 heavy (non-hydrogen) atoms. The molecule has 0 heterocycles. The van der Waals surface area contributed by atoms with E-state index in [9.17, 15) is 0 Å². The molecular weight excluding hydrogens is 344 g/mol. The third-order valence-corrected chi connectivity index (χ3v) is 5.62. The molecule has 2 N–H and O–H groups in total. The number of benzene rings is 2. The van der Waals surface area contributed by atoms with Gasteiger partial charge in [0.05, 0.1) is 0 Å². The van der Waals surface area contributed by atoms with E-state index in [0.29, 0.717) is 17.2 Å². The van der Waals surface area contributed by atoms with Crippen LogP contribution in [0.4, 0.5) is 0 Å². The number of hydrogen-bond acceptors (Lipinski definition) is 1. The first-order valence-electron chi connectivity index (χ1n) is 7.42. The van der Waals surface area contributed by atoms with Gasteiger partial charge >= 0.3 is 0 Å². The Morgan fingerprint density at radius 3 is 2.67 bits per heavy atom. The molecule has 0 bridgehead atoms. The SMILES string of the molecule is NC(=S)N(C1CC1)C1Cc2cccc3ccc(Br)c(c23)C1. The van der Waals surface area contributed by atoms with Gasteiger partial charge in [-0.05, 0) is 65.9 Å². The fourth-order valence-corrected chi connectivity index (χ4v) is 4.44. The molecule has 4 rings (SSSR count). The molecule has 1 saturated carbocycles. The normalized spacial score (nSPS) is 20.5. The minimum absolute atomic E-state index is 0.395. The van der Waals surface area contributed by atoms with Gasteiger partial charge in [0.15, 0.2) is 5.11 Å². The fraction of sp³-hybridized carbons (Fsp3) is 0.353. The van der Waals surface area contributed by atoms with Crippen molar-refractivity contribution in [2.45, 2.75) is 37.8 Å². The van der Waals surface area contributed by atoms with E-state index in [2.05, 4.69) is 51.2 Å². The topological polar surface area (TPSA) is 29.3 Å². The maximum absolute atomic E-state index is 6.01. The molecule has 0 radical (unpaired) electrons. The number of nitrogens with two attached hydrogens (primary N) is 1. The minimum Gasteiger partial charge on any atom is -0.376 e. The molecule has 2 aliphatic carbocycles. The third-order valence-electron chi connectivity index (χ3n) is 4.67. The number of halogens is 1. The second kappa shape index (κ2) is 4.96. The van der Waals surface area contributed by atoms with Gasteiger partial charge in [-0.3, -0.25) is 0 Å². The van der Waals surface area contributed by atoms with Crippen LogP contribution in [0.25, 0.3) is 10.8 Å². The zero-order valence-corrected chi connectivity index (χ0v) is 14.1. The van der Waals surface area contributed by atoms with Gasteiger partial charge in [-0.1, -0.05) is 40.2 Å². The maximum atomic E-state index is 6.01. The van der Waals surface area contributed by atoms with Crippen molar-refractivity contribution < 1.29 is 0 Å². The molecule has 4 heteroatoms. The molecule has 1 atom stereocenters. The van der Waals surface area contributed by atoms with Crippen LogP contribution in [0, 0.1) is 0 Å². The van der Waals surface area contributed by atoms with Crippen LogP contribution in [0.2, 0.25) is 0 Å². The van der Waals surface area contributed by atoms with Crippen LogP contribution in [0.5, 0.6) is 0 Å². The zero-order chi connectivity index (χ0) is 14.6. The lowest BCUT2D eigenvalue weighted by Gasteiger charge is -2.36. The first-order chi connectivity index (χ1) is 10.1. The summed E-state index contributed by atoms with van der Waals surface area (Å²) in [7, 11) is 0. The molecule has 1 unspecified atom stereocenters. The lowest BCUT2D eigenvalue weighted by Crippen LogP contribution is -2.48. The van der Waals surface area contributed by atoms with E-state index in [4.69, 9.17) is 18.0 Å². The predicted octanol–water partition coefficient (Wildman–Crippen LogP) is 3.78. The summed E-state index contributed by atoms with van der Waals surface area (Å²) >= 11 is 9.05. The molecule has 2 aliphatic rings. The largest absolute Gasteiger partial charge is 0.376 e. The molecule has 0 amide bonds. The molecule has 0 aromatic heterocycles. The second-order valence-electron chi connectivity index (χ2n) is 6.08. The van der Waals surface area contributed by atoms with E-state index >= 15 is 0 Å². The quantitative estimate of drug-likeness (QED) is 0.826. The summed E-state index contributed by atoms with van der Waals surface area (Å²) in [5, 5.41) is 3.31. The van der Waals surface area contributed by atoms with Gasteiger partial charge in [-0.2, -0.15) is 0 Å². The molecule has 2 aromatic rings. The van der Waals surface area contributed by atoms with Crippen molar-refractivity contribution in [2.75, 3.05) is 0 Å². The van der Waals surface area contributed by atoms with Crippen LogP contribution in [0.15, 0.2) is 34.8 Å². The molecule has 1 fully saturated rings. The third kappa shape index (κ3) is 2.25.